The zero-order chi connectivity index (χ0) is 32.1. The van der Waals surface area contributed by atoms with Gasteiger partial charge in [-0.1, -0.05) is 54.1 Å². The number of carboxylic acid groups (broad SMARTS) is 1. The van der Waals surface area contributed by atoms with Crippen molar-refractivity contribution >= 4 is 23.4 Å². The Morgan fingerprint density at radius 2 is 1.67 bits per heavy atom. The highest BCUT2D eigenvalue weighted by molar-refractivity contribution is 6.02. The summed E-state index contributed by atoms with van der Waals surface area (Å²) in [6, 6.07) is 22.4. The van der Waals surface area contributed by atoms with Crippen LogP contribution in [0, 0.1) is 12.7 Å². The summed E-state index contributed by atoms with van der Waals surface area (Å²) >= 11 is 0. The van der Waals surface area contributed by atoms with Crippen molar-refractivity contribution in [2.45, 2.75) is 50.6 Å². The molecular formula is C36H33F3N2O4. The van der Waals surface area contributed by atoms with Gasteiger partial charge in [0.05, 0.1) is 17.4 Å². The lowest BCUT2D eigenvalue weighted by Gasteiger charge is -2.31. The van der Waals surface area contributed by atoms with Crippen LogP contribution in [0.2, 0.25) is 0 Å². The number of allylic oxidation sites excluding steroid dienone is 1. The summed E-state index contributed by atoms with van der Waals surface area (Å²) in [5, 5.41) is 15.5. The van der Waals surface area contributed by atoms with Crippen LogP contribution >= 0.6 is 0 Å². The average molecular weight is 615 g/mol. The predicted molar refractivity (Wildman–Crippen MR) is 169 cm³/mol. The van der Waals surface area contributed by atoms with Gasteiger partial charge in [-0.05, 0) is 78.9 Å². The Morgan fingerprint density at radius 3 is 2.31 bits per heavy atom. The molecule has 1 atom stereocenters. The molecule has 0 heterocycles. The van der Waals surface area contributed by atoms with Crippen LogP contribution in [0.3, 0.4) is 0 Å². The Bertz CT molecular complexity index is 1700. The molecule has 2 amide bonds. The molecule has 1 aliphatic carbocycles. The highest BCUT2D eigenvalue weighted by Gasteiger charge is 2.36. The molecule has 4 aromatic rings. The summed E-state index contributed by atoms with van der Waals surface area (Å²) in [6.07, 6.45) is 0.629. The second-order valence-corrected chi connectivity index (χ2v) is 11.2. The number of nitrogens with one attached hydrogen (secondary N) is 2. The lowest BCUT2D eigenvalue weighted by atomic mass is 9.87. The zero-order valence-corrected chi connectivity index (χ0v) is 24.7. The summed E-state index contributed by atoms with van der Waals surface area (Å²) in [6.45, 7) is 5.95. The van der Waals surface area contributed by atoms with Crippen molar-refractivity contribution in [2.24, 2.45) is 0 Å². The number of anilines is 2. The highest BCUT2D eigenvalue weighted by atomic mass is 19.3. The second kappa shape index (κ2) is 13.3. The fourth-order valence-electron chi connectivity index (χ4n) is 5.53. The van der Waals surface area contributed by atoms with Crippen LogP contribution in [-0.2, 0) is 0 Å². The third-order valence-electron chi connectivity index (χ3n) is 7.88. The summed E-state index contributed by atoms with van der Waals surface area (Å²) < 4.78 is 49.1. The van der Waals surface area contributed by atoms with Gasteiger partial charge < -0.3 is 20.5 Å². The molecule has 6 nitrogen and oxygen atoms in total. The molecule has 9 heteroatoms. The number of alkyl halides is 2. The molecule has 4 aromatic carbocycles. The van der Waals surface area contributed by atoms with Crippen molar-refractivity contribution in [3.05, 3.63) is 126 Å². The quantitative estimate of drug-likeness (QED) is 0.164. The van der Waals surface area contributed by atoms with Crippen LogP contribution in [0.15, 0.2) is 97.6 Å². The zero-order valence-electron chi connectivity index (χ0n) is 24.7. The number of carbonyl (C=O) groups excluding carboxylic acids is 1. The van der Waals surface area contributed by atoms with E-state index in [2.05, 4.69) is 17.2 Å². The molecule has 0 radical (unpaired) electrons. The van der Waals surface area contributed by atoms with E-state index in [0.29, 0.717) is 16.8 Å². The summed E-state index contributed by atoms with van der Waals surface area (Å²) in [5.74, 6) is -4.97. The largest absolute Gasteiger partial charge is 0.488 e. The van der Waals surface area contributed by atoms with Crippen molar-refractivity contribution in [1.29, 1.82) is 0 Å². The van der Waals surface area contributed by atoms with Crippen molar-refractivity contribution in [3.8, 4) is 16.9 Å². The highest BCUT2D eigenvalue weighted by Crippen LogP contribution is 2.44. The average Bonchev–Trinajstić information content (AvgIpc) is 3.01. The van der Waals surface area contributed by atoms with E-state index in [1.807, 2.05) is 49.4 Å². The lowest BCUT2D eigenvalue weighted by Crippen LogP contribution is -2.31. The van der Waals surface area contributed by atoms with Crippen LogP contribution in [0.5, 0.6) is 5.75 Å². The molecule has 1 unspecified atom stereocenters. The van der Waals surface area contributed by atoms with Gasteiger partial charge in [0, 0.05) is 30.0 Å². The van der Waals surface area contributed by atoms with E-state index in [9.17, 15) is 27.9 Å². The van der Waals surface area contributed by atoms with Gasteiger partial charge in [-0.3, -0.25) is 0 Å². The van der Waals surface area contributed by atoms with Crippen molar-refractivity contribution < 1.29 is 32.6 Å². The predicted octanol–water partition coefficient (Wildman–Crippen LogP) is 9.42. The molecule has 1 saturated carbocycles. The number of ether oxygens (including phenoxy) is 1. The van der Waals surface area contributed by atoms with E-state index in [1.165, 1.54) is 12.1 Å². The number of benzene rings is 4. The minimum atomic E-state index is -2.78. The van der Waals surface area contributed by atoms with E-state index in [0.717, 1.165) is 23.3 Å². The van der Waals surface area contributed by atoms with Crippen LogP contribution in [-0.4, -0.2) is 29.1 Å². The maximum Gasteiger partial charge on any atom is 0.336 e. The molecule has 232 valence electrons. The molecule has 0 saturated heterocycles. The first-order valence-electron chi connectivity index (χ1n) is 14.6. The van der Waals surface area contributed by atoms with E-state index in [-0.39, 0.29) is 48.2 Å². The number of aryl methyl sites for hydroxylation is 1. The van der Waals surface area contributed by atoms with Gasteiger partial charge >= 0.3 is 12.0 Å². The monoisotopic (exact) mass is 614 g/mol. The Balaban J connectivity index is 1.68. The van der Waals surface area contributed by atoms with Crippen molar-refractivity contribution in [2.75, 3.05) is 10.6 Å². The number of hydrogen-bond donors (Lipinski definition) is 3. The van der Waals surface area contributed by atoms with Crippen LogP contribution < -0.4 is 15.4 Å². The summed E-state index contributed by atoms with van der Waals surface area (Å²) in [4.78, 5) is 25.5. The van der Waals surface area contributed by atoms with Crippen molar-refractivity contribution in [1.82, 2.24) is 0 Å². The van der Waals surface area contributed by atoms with E-state index in [1.54, 1.807) is 24.3 Å². The van der Waals surface area contributed by atoms with Crippen LogP contribution in [0.25, 0.3) is 11.1 Å². The first kappa shape index (κ1) is 31.4. The second-order valence-electron chi connectivity index (χ2n) is 11.2. The van der Waals surface area contributed by atoms with Gasteiger partial charge in [0.1, 0.15) is 11.6 Å². The number of halogens is 3. The summed E-state index contributed by atoms with van der Waals surface area (Å²) in [5.41, 5.74) is 3.26. The number of amides is 2. The fraction of sp³-hybridized carbons (Fsp3) is 0.222. The SMILES string of the molecule is C=CC(c1ccccc1)c1cc(-c2cc(F)ccc2C(=O)O)cc(NC(=O)Nc2ccc(C)cc2)c1OC1CCC(F)(F)CC1. The molecule has 45 heavy (non-hydrogen) atoms. The minimum Gasteiger partial charge on any atom is -0.488 e. The number of hydrogen-bond acceptors (Lipinski definition) is 3. The molecule has 0 aliphatic heterocycles. The third kappa shape index (κ3) is 7.55. The van der Waals surface area contributed by atoms with Gasteiger partial charge in [0.25, 0.3) is 0 Å². The number of carboxylic acids is 1. The molecule has 0 spiro atoms. The Hall–Kier alpha value is -5.05. The van der Waals surface area contributed by atoms with Gasteiger partial charge in [0.15, 0.2) is 0 Å². The molecule has 1 fully saturated rings. The van der Waals surface area contributed by atoms with Gasteiger partial charge in [-0.25, -0.2) is 22.8 Å². The number of carbonyl (C=O) groups is 2. The molecule has 0 bridgehead atoms. The first-order valence-corrected chi connectivity index (χ1v) is 14.6. The minimum absolute atomic E-state index is 0.0884. The first-order chi connectivity index (χ1) is 21.5. The Morgan fingerprint density at radius 1 is 0.978 bits per heavy atom. The van der Waals surface area contributed by atoms with Crippen LogP contribution in [0.4, 0.5) is 29.3 Å². The van der Waals surface area contributed by atoms with E-state index < -0.39 is 35.8 Å². The molecular weight excluding hydrogens is 581 g/mol. The van der Waals surface area contributed by atoms with Gasteiger partial charge in [-0.15, -0.1) is 6.58 Å². The number of rotatable bonds is 9. The Labute approximate surface area is 259 Å². The van der Waals surface area contributed by atoms with Crippen molar-refractivity contribution in [3.63, 3.8) is 0 Å². The molecule has 0 aromatic heterocycles. The topological polar surface area (TPSA) is 87.7 Å². The van der Waals surface area contributed by atoms with Crippen LogP contribution in [0.1, 0.15) is 58.6 Å². The standard InChI is InChI=1S/C36H33F3N2O4/c1-3-28(23-7-5-4-6-8-23)31-19-24(30-21-25(37)11-14-29(30)34(42)43)20-32(33(31)45-27-15-17-36(38,39)18-16-27)41-35(44)40-26-12-9-22(2)10-13-26/h3-14,19-21,27-28H,1,15-18H2,2H3,(H,42,43)(H2,40,41,44). The van der Waals surface area contributed by atoms with Gasteiger partial charge in [-0.2, -0.15) is 0 Å². The smallest absolute Gasteiger partial charge is 0.336 e. The molecule has 1 aliphatic rings. The van der Waals surface area contributed by atoms with E-state index >= 15 is 0 Å². The number of urea groups is 1. The molecule has 5 rings (SSSR count). The number of aromatic carboxylic acids is 1. The van der Waals surface area contributed by atoms with E-state index in [4.69, 9.17) is 4.74 Å². The Kier molecular flexibility index (Phi) is 9.27. The maximum absolute atomic E-state index is 14.5. The van der Waals surface area contributed by atoms with Gasteiger partial charge in [0.2, 0.25) is 5.92 Å². The third-order valence-corrected chi connectivity index (χ3v) is 7.88. The fourth-order valence-corrected chi connectivity index (χ4v) is 5.53. The normalized spacial score (nSPS) is 15.1. The lowest BCUT2D eigenvalue weighted by molar-refractivity contribution is -0.0582. The maximum atomic E-state index is 14.5. The molecule has 3 N–H and O–H groups in total. The summed E-state index contributed by atoms with van der Waals surface area (Å²) in [7, 11) is 0.